The number of fused-ring (bicyclic) bond motifs is 1. The second kappa shape index (κ2) is 6.21. The molecule has 2 rings (SSSR count). The van der Waals surface area contributed by atoms with Crippen molar-refractivity contribution in [3.8, 4) is 0 Å². The molecule has 0 aromatic heterocycles. The van der Waals surface area contributed by atoms with Gasteiger partial charge in [-0.3, -0.25) is 4.79 Å². The summed E-state index contributed by atoms with van der Waals surface area (Å²) in [6.45, 7) is 7.07. The first-order valence-electron chi connectivity index (χ1n) is 8.12. The maximum absolute atomic E-state index is 11.9. The van der Waals surface area contributed by atoms with E-state index < -0.39 is 0 Å². The molecule has 1 unspecified atom stereocenters. The molecule has 4 atom stereocenters. The first kappa shape index (κ1) is 14.1. The van der Waals surface area contributed by atoms with Crippen LogP contribution in [-0.4, -0.2) is 5.78 Å². The molecule has 0 heterocycles. The fraction of sp³-hybridized carbons (Fsp3) is 0.941. The van der Waals surface area contributed by atoms with E-state index in [1.165, 1.54) is 38.5 Å². The highest BCUT2D eigenvalue weighted by Gasteiger charge is 2.43. The van der Waals surface area contributed by atoms with Crippen molar-refractivity contribution < 1.29 is 4.79 Å². The van der Waals surface area contributed by atoms with Crippen molar-refractivity contribution in [1.29, 1.82) is 0 Å². The van der Waals surface area contributed by atoms with Gasteiger partial charge in [-0.15, -0.1) is 0 Å². The van der Waals surface area contributed by atoms with Crippen LogP contribution in [0.25, 0.3) is 0 Å². The second-order valence-corrected chi connectivity index (χ2v) is 7.17. The molecule has 2 saturated carbocycles. The average Bonchev–Trinajstić information content (AvgIpc) is 2.73. The van der Waals surface area contributed by atoms with Crippen molar-refractivity contribution >= 4 is 5.78 Å². The highest BCUT2D eigenvalue weighted by molar-refractivity contribution is 5.82. The highest BCUT2D eigenvalue weighted by Crippen LogP contribution is 2.48. The minimum atomic E-state index is 0.455. The molecule has 0 spiro atoms. The third-order valence-corrected chi connectivity index (χ3v) is 5.42. The summed E-state index contributed by atoms with van der Waals surface area (Å²) in [5, 5.41) is 0. The SMILES string of the molecule is CC(C)CCC[C@@H](C)[C@H]1CC[C@H]2C(=O)CCCC21. The van der Waals surface area contributed by atoms with Crippen molar-refractivity contribution in [3.05, 3.63) is 0 Å². The number of carbonyl (C=O) groups is 1. The zero-order valence-corrected chi connectivity index (χ0v) is 12.5. The Morgan fingerprint density at radius 1 is 1.11 bits per heavy atom. The normalized spacial score (nSPS) is 33.8. The minimum absolute atomic E-state index is 0.455. The first-order chi connectivity index (χ1) is 8.59. The van der Waals surface area contributed by atoms with Crippen LogP contribution in [0.3, 0.4) is 0 Å². The molecule has 0 aromatic rings. The van der Waals surface area contributed by atoms with Gasteiger partial charge < -0.3 is 0 Å². The van der Waals surface area contributed by atoms with E-state index in [0.29, 0.717) is 11.7 Å². The molecule has 18 heavy (non-hydrogen) atoms. The lowest BCUT2D eigenvalue weighted by atomic mass is 9.73. The molecule has 0 amide bonds. The van der Waals surface area contributed by atoms with Gasteiger partial charge in [0.05, 0.1) is 0 Å². The Labute approximate surface area is 113 Å². The lowest BCUT2D eigenvalue weighted by molar-refractivity contribution is -0.126. The maximum Gasteiger partial charge on any atom is 0.136 e. The van der Waals surface area contributed by atoms with Gasteiger partial charge in [0.2, 0.25) is 0 Å². The predicted molar refractivity (Wildman–Crippen MR) is 76.4 cm³/mol. The van der Waals surface area contributed by atoms with E-state index in [0.717, 1.165) is 36.5 Å². The lowest BCUT2D eigenvalue weighted by Crippen LogP contribution is -2.29. The fourth-order valence-electron chi connectivity index (χ4n) is 4.38. The molecule has 0 radical (unpaired) electrons. The van der Waals surface area contributed by atoms with Gasteiger partial charge in [0.1, 0.15) is 5.78 Å². The third-order valence-electron chi connectivity index (χ3n) is 5.42. The van der Waals surface area contributed by atoms with Crippen LogP contribution in [0.4, 0.5) is 0 Å². The van der Waals surface area contributed by atoms with Crippen molar-refractivity contribution in [3.63, 3.8) is 0 Å². The summed E-state index contributed by atoms with van der Waals surface area (Å²) >= 11 is 0. The topological polar surface area (TPSA) is 17.1 Å². The Bertz CT molecular complexity index is 281. The van der Waals surface area contributed by atoms with E-state index in [2.05, 4.69) is 20.8 Å². The smallest absolute Gasteiger partial charge is 0.136 e. The van der Waals surface area contributed by atoms with Crippen LogP contribution in [-0.2, 0) is 4.79 Å². The standard InChI is InChI=1S/C17H30O/c1-12(2)6-4-7-13(3)14-10-11-16-15(14)8-5-9-17(16)18/h12-16H,4-11H2,1-3H3/t13-,14-,15?,16-/m1/s1. The maximum atomic E-state index is 11.9. The van der Waals surface area contributed by atoms with E-state index in [4.69, 9.17) is 0 Å². The van der Waals surface area contributed by atoms with Crippen LogP contribution in [0.1, 0.15) is 72.1 Å². The number of ketones is 1. The Kier molecular flexibility index (Phi) is 4.86. The number of hydrogen-bond donors (Lipinski definition) is 0. The minimum Gasteiger partial charge on any atom is -0.299 e. The summed E-state index contributed by atoms with van der Waals surface area (Å²) in [6, 6.07) is 0. The molecular formula is C17H30O. The molecule has 1 heteroatoms. The van der Waals surface area contributed by atoms with Gasteiger partial charge in [-0.05, 0) is 49.4 Å². The van der Waals surface area contributed by atoms with E-state index in [-0.39, 0.29) is 0 Å². The van der Waals surface area contributed by atoms with Gasteiger partial charge in [0.15, 0.2) is 0 Å². The third kappa shape index (κ3) is 3.16. The van der Waals surface area contributed by atoms with E-state index in [1.54, 1.807) is 0 Å². The van der Waals surface area contributed by atoms with Gasteiger partial charge in [-0.2, -0.15) is 0 Å². The van der Waals surface area contributed by atoms with Gasteiger partial charge >= 0.3 is 0 Å². The van der Waals surface area contributed by atoms with Gasteiger partial charge in [0, 0.05) is 12.3 Å². The van der Waals surface area contributed by atoms with Crippen LogP contribution < -0.4 is 0 Å². The van der Waals surface area contributed by atoms with Gasteiger partial charge in [0.25, 0.3) is 0 Å². The molecule has 2 fully saturated rings. The van der Waals surface area contributed by atoms with Crippen molar-refractivity contribution in [1.82, 2.24) is 0 Å². The number of Topliss-reactive ketones (excluding diaryl/α,β-unsaturated/α-hetero) is 1. The molecule has 0 aromatic carbocycles. The Hall–Kier alpha value is -0.330. The summed E-state index contributed by atoms with van der Waals surface area (Å²) < 4.78 is 0. The second-order valence-electron chi connectivity index (χ2n) is 7.17. The average molecular weight is 250 g/mol. The monoisotopic (exact) mass is 250 g/mol. The molecule has 104 valence electrons. The predicted octanol–water partition coefficient (Wildman–Crippen LogP) is 4.84. The molecule has 0 N–H and O–H groups in total. The van der Waals surface area contributed by atoms with E-state index in [9.17, 15) is 4.79 Å². The van der Waals surface area contributed by atoms with Crippen molar-refractivity contribution in [2.24, 2.45) is 29.6 Å². The van der Waals surface area contributed by atoms with Gasteiger partial charge in [-0.1, -0.05) is 40.0 Å². The first-order valence-corrected chi connectivity index (χ1v) is 8.12. The summed E-state index contributed by atoms with van der Waals surface area (Å²) in [5.41, 5.74) is 0. The number of carbonyl (C=O) groups excluding carboxylic acids is 1. The van der Waals surface area contributed by atoms with Crippen LogP contribution in [0.15, 0.2) is 0 Å². The molecule has 0 bridgehead atoms. The van der Waals surface area contributed by atoms with Crippen LogP contribution in [0.2, 0.25) is 0 Å². The van der Waals surface area contributed by atoms with E-state index in [1.807, 2.05) is 0 Å². The van der Waals surface area contributed by atoms with Crippen LogP contribution in [0.5, 0.6) is 0 Å². The zero-order valence-electron chi connectivity index (χ0n) is 12.5. The Morgan fingerprint density at radius 3 is 2.61 bits per heavy atom. The van der Waals surface area contributed by atoms with Crippen molar-refractivity contribution in [2.45, 2.75) is 72.1 Å². The molecular weight excluding hydrogens is 220 g/mol. The fourth-order valence-corrected chi connectivity index (χ4v) is 4.38. The summed E-state index contributed by atoms with van der Waals surface area (Å²) in [6.07, 6.45) is 10.00. The zero-order chi connectivity index (χ0) is 13.1. The quantitative estimate of drug-likeness (QED) is 0.682. The van der Waals surface area contributed by atoms with Gasteiger partial charge in [-0.25, -0.2) is 0 Å². The summed E-state index contributed by atoms with van der Waals surface area (Å²) in [5.74, 6) is 4.32. The van der Waals surface area contributed by atoms with Crippen LogP contribution >= 0.6 is 0 Å². The Balaban J connectivity index is 1.83. The highest BCUT2D eigenvalue weighted by atomic mass is 16.1. The molecule has 0 saturated heterocycles. The molecule has 1 nitrogen and oxygen atoms in total. The van der Waals surface area contributed by atoms with E-state index >= 15 is 0 Å². The molecule has 2 aliphatic carbocycles. The largest absolute Gasteiger partial charge is 0.299 e. The number of rotatable bonds is 5. The molecule has 0 aliphatic heterocycles. The summed E-state index contributed by atoms with van der Waals surface area (Å²) in [4.78, 5) is 11.9. The van der Waals surface area contributed by atoms with Crippen LogP contribution in [0, 0.1) is 29.6 Å². The summed E-state index contributed by atoms with van der Waals surface area (Å²) in [7, 11) is 0. The lowest BCUT2D eigenvalue weighted by Gasteiger charge is -2.31. The molecule has 2 aliphatic rings. The Morgan fingerprint density at radius 2 is 1.89 bits per heavy atom. The van der Waals surface area contributed by atoms with Crippen molar-refractivity contribution in [2.75, 3.05) is 0 Å². The number of hydrogen-bond acceptors (Lipinski definition) is 1.